The van der Waals surface area contributed by atoms with Crippen LogP contribution in [0.1, 0.15) is 48.0 Å². The molecule has 5 rings (SSSR count). The van der Waals surface area contributed by atoms with Crippen LogP contribution in [0.5, 0.6) is 0 Å². The third-order valence-electron chi connectivity index (χ3n) is 6.68. The van der Waals surface area contributed by atoms with Gasteiger partial charge in [-0.1, -0.05) is 40.0 Å². The summed E-state index contributed by atoms with van der Waals surface area (Å²) in [7, 11) is 2.23. The van der Waals surface area contributed by atoms with Crippen LogP contribution in [-0.4, -0.2) is 41.0 Å². The number of nitrogens with one attached hydrogen (secondary N) is 1. The standard InChI is InChI=1S/C24H26BrN3O2/c1-14-6-8-15(9-7-14)24-27-22-20(10-16(25)11-21(22)30-24)23(29)26-17-12-18-4-3-5-19(13-17)28(18)2/h6-11,17-19H,3-5,12-13H2,1-2H3,(H,26,29). The highest BCUT2D eigenvalue weighted by molar-refractivity contribution is 9.10. The lowest BCUT2D eigenvalue weighted by Crippen LogP contribution is -2.55. The van der Waals surface area contributed by atoms with E-state index in [4.69, 9.17) is 4.42 Å². The summed E-state index contributed by atoms with van der Waals surface area (Å²) in [5.41, 5.74) is 3.87. The molecule has 30 heavy (non-hydrogen) atoms. The van der Waals surface area contributed by atoms with Crippen LogP contribution in [0.2, 0.25) is 0 Å². The van der Waals surface area contributed by atoms with Gasteiger partial charge in [-0.15, -0.1) is 0 Å². The zero-order chi connectivity index (χ0) is 20.8. The summed E-state index contributed by atoms with van der Waals surface area (Å²) in [6.07, 6.45) is 5.79. The molecule has 156 valence electrons. The van der Waals surface area contributed by atoms with Crippen molar-refractivity contribution in [3.05, 3.63) is 52.0 Å². The molecular weight excluding hydrogens is 442 g/mol. The molecule has 2 aromatic carbocycles. The van der Waals surface area contributed by atoms with E-state index in [2.05, 4.69) is 38.2 Å². The first-order valence-electron chi connectivity index (χ1n) is 10.7. The fraction of sp³-hybridized carbons (Fsp3) is 0.417. The third-order valence-corrected chi connectivity index (χ3v) is 7.14. The monoisotopic (exact) mass is 467 g/mol. The average molecular weight is 468 g/mol. The van der Waals surface area contributed by atoms with E-state index in [1.807, 2.05) is 43.3 Å². The number of rotatable bonds is 3. The lowest BCUT2D eigenvalue weighted by molar-refractivity contribution is 0.0463. The van der Waals surface area contributed by atoms with Crippen LogP contribution in [0.15, 0.2) is 45.3 Å². The molecule has 1 N–H and O–H groups in total. The van der Waals surface area contributed by atoms with Gasteiger partial charge >= 0.3 is 0 Å². The first-order chi connectivity index (χ1) is 14.5. The molecule has 6 heteroatoms. The van der Waals surface area contributed by atoms with Gasteiger partial charge in [0.25, 0.3) is 5.91 Å². The van der Waals surface area contributed by atoms with Crippen LogP contribution in [0.25, 0.3) is 22.6 Å². The number of aromatic nitrogens is 1. The molecule has 3 aromatic rings. The van der Waals surface area contributed by atoms with E-state index in [0.717, 1.165) is 22.9 Å². The first kappa shape index (κ1) is 19.8. The van der Waals surface area contributed by atoms with Crippen LogP contribution in [0.4, 0.5) is 0 Å². The van der Waals surface area contributed by atoms with E-state index < -0.39 is 0 Å². The number of halogens is 1. The molecular formula is C24H26BrN3O2. The van der Waals surface area contributed by atoms with Crippen LogP contribution >= 0.6 is 15.9 Å². The largest absolute Gasteiger partial charge is 0.436 e. The predicted molar refractivity (Wildman–Crippen MR) is 122 cm³/mol. The summed E-state index contributed by atoms with van der Waals surface area (Å²) in [5, 5.41) is 3.29. The predicted octanol–water partition coefficient (Wildman–Crippen LogP) is 5.31. The topological polar surface area (TPSA) is 58.4 Å². The second kappa shape index (κ2) is 7.82. The van der Waals surface area contributed by atoms with E-state index in [-0.39, 0.29) is 11.9 Å². The van der Waals surface area contributed by atoms with Crippen molar-refractivity contribution in [2.24, 2.45) is 0 Å². The van der Waals surface area contributed by atoms with Crippen molar-refractivity contribution < 1.29 is 9.21 Å². The molecule has 2 saturated heterocycles. The van der Waals surface area contributed by atoms with Crippen LogP contribution in [0, 0.1) is 6.92 Å². The molecule has 1 aromatic heterocycles. The normalized spacial score (nSPS) is 24.2. The van der Waals surface area contributed by atoms with Gasteiger partial charge < -0.3 is 14.6 Å². The number of carbonyl (C=O) groups is 1. The molecule has 2 atom stereocenters. The van der Waals surface area contributed by atoms with Crippen molar-refractivity contribution in [1.29, 1.82) is 0 Å². The van der Waals surface area contributed by atoms with Crippen molar-refractivity contribution >= 4 is 32.9 Å². The number of amides is 1. The van der Waals surface area contributed by atoms with Gasteiger partial charge in [0.15, 0.2) is 5.58 Å². The number of benzene rings is 2. The highest BCUT2D eigenvalue weighted by atomic mass is 79.9. The Hall–Kier alpha value is -2.18. The Morgan fingerprint density at radius 2 is 1.87 bits per heavy atom. The van der Waals surface area contributed by atoms with E-state index in [0.29, 0.717) is 34.6 Å². The Kier molecular flexibility index (Phi) is 5.15. The fourth-order valence-corrected chi connectivity index (χ4v) is 5.42. The summed E-state index contributed by atoms with van der Waals surface area (Å²) < 4.78 is 6.81. The van der Waals surface area contributed by atoms with Crippen LogP contribution in [0.3, 0.4) is 0 Å². The molecule has 0 aliphatic carbocycles. The molecule has 2 aliphatic heterocycles. The summed E-state index contributed by atoms with van der Waals surface area (Å²) >= 11 is 3.52. The molecule has 0 radical (unpaired) electrons. The zero-order valence-electron chi connectivity index (χ0n) is 17.3. The fourth-order valence-electron chi connectivity index (χ4n) is 4.99. The molecule has 3 heterocycles. The quantitative estimate of drug-likeness (QED) is 0.566. The molecule has 1 amide bonds. The minimum atomic E-state index is -0.0716. The van der Waals surface area contributed by atoms with Crippen molar-refractivity contribution in [3.63, 3.8) is 0 Å². The maximum absolute atomic E-state index is 13.2. The third kappa shape index (κ3) is 3.67. The Bertz CT molecular complexity index is 1080. The Balaban J connectivity index is 1.43. The zero-order valence-corrected chi connectivity index (χ0v) is 18.9. The van der Waals surface area contributed by atoms with Crippen molar-refractivity contribution in [2.75, 3.05) is 7.05 Å². The number of carbonyl (C=O) groups excluding carboxylic acids is 1. The van der Waals surface area contributed by atoms with Gasteiger partial charge in [-0.05, 0) is 63.9 Å². The van der Waals surface area contributed by atoms with Gasteiger partial charge in [0, 0.05) is 28.2 Å². The van der Waals surface area contributed by atoms with Crippen LogP contribution < -0.4 is 5.32 Å². The summed E-state index contributed by atoms with van der Waals surface area (Å²) in [5.74, 6) is 0.462. The highest BCUT2D eigenvalue weighted by Crippen LogP contribution is 2.33. The molecule has 2 aliphatic rings. The number of nitrogens with zero attached hydrogens (tertiary/aromatic N) is 2. The van der Waals surface area contributed by atoms with Crippen molar-refractivity contribution in [2.45, 2.75) is 57.2 Å². The number of aryl methyl sites for hydroxylation is 1. The molecule has 2 fully saturated rings. The van der Waals surface area contributed by atoms with Crippen molar-refractivity contribution in [1.82, 2.24) is 15.2 Å². The van der Waals surface area contributed by atoms with Gasteiger partial charge in [0.2, 0.25) is 5.89 Å². The van der Waals surface area contributed by atoms with Gasteiger partial charge in [-0.25, -0.2) is 4.98 Å². The highest BCUT2D eigenvalue weighted by Gasteiger charge is 2.36. The summed E-state index contributed by atoms with van der Waals surface area (Å²) in [4.78, 5) is 20.4. The Morgan fingerprint density at radius 1 is 1.17 bits per heavy atom. The number of hydrogen-bond donors (Lipinski definition) is 1. The van der Waals surface area contributed by atoms with Gasteiger partial charge in [-0.2, -0.15) is 0 Å². The molecule has 2 unspecified atom stereocenters. The minimum Gasteiger partial charge on any atom is -0.436 e. The number of fused-ring (bicyclic) bond motifs is 3. The van der Waals surface area contributed by atoms with Gasteiger partial charge in [0.05, 0.1) is 5.56 Å². The Labute approximate surface area is 185 Å². The molecule has 0 spiro atoms. The molecule has 0 saturated carbocycles. The van der Waals surface area contributed by atoms with Crippen LogP contribution in [-0.2, 0) is 0 Å². The van der Waals surface area contributed by atoms with E-state index >= 15 is 0 Å². The maximum atomic E-state index is 13.2. The molecule has 5 nitrogen and oxygen atoms in total. The lowest BCUT2D eigenvalue weighted by atomic mass is 9.82. The number of hydrogen-bond acceptors (Lipinski definition) is 4. The average Bonchev–Trinajstić information content (AvgIpc) is 3.12. The Morgan fingerprint density at radius 3 is 2.57 bits per heavy atom. The summed E-state index contributed by atoms with van der Waals surface area (Å²) in [6.45, 7) is 2.05. The minimum absolute atomic E-state index is 0.0716. The van der Waals surface area contributed by atoms with E-state index in [9.17, 15) is 4.79 Å². The second-order valence-electron chi connectivity index (χ2n) is 8.73. The second-order valence-corrected chi connectivity index (χ2v) is 9.65. The number of oxazole rings is 1. The molecule has 2 bridgehead atoms. The lowest BCUT2D eigenvalue weighted by Gasteiger charge is -2.47. The van der Waals surface area contributed by atoms with E-state index in [1.54, 1.807) is 0 Å². The number of piperidine rings is 2. The SMILES string of the molecule is Cc1ccc(-c2nc3c(C(=O)NC4CC5CCCC(C4)N5C)cc(Br)cc3o2)cc1. The summed E-state index contributed by atoms with van der Waals surface area (Å²) in [6, 6.07) is 13.1. The van der Waals surface area contributed by atoms with E-state index in [1.165, 1.54) is 24.8 Å². The smallest absolute Gasteiger partial charge is 0.253 e. The maximum Gasteiger partial charge on any atom is 0.253 e. The van der Waals surface area contributed by atoms with Gasteiger partial charge in [-0.3, -0.25) is 4.79 Å². The van der Waals surface area contributed by atoms with Crippen molar-refractivity contribution in [3.8, 4) is 11.5 Å². The van der Waals surface area contributed by atoms with Gasteiger partial charge in [0.1, 0.15) is 5.52 Å². The first-order valence-corrected chi connectivity index (χ1v) is 11.5.